The lowest BCUT2D eigenvalue weighted by molar-refractivity contribution is 0.0593. The molecule has 1 spiro atoms. The largest absolute Gasteiger partial charge is 0.328 e. The molecule has 17 heavy (non-hydrogen) atoms. The molecule has 2 heteroatoms. The van der Waals surface area contributed by atoms with Gasteiger partial charge < -0.3 is 10.6 Å². The number of piperidine rings is 1. The second kappa shape index (κ2) is 4.89. The van der Waals surface area contributed by atoms with Crippen LogP contribution >= 0.6 is 0 Å². The van der Waals surface area contributed by atoms with Gasteiger partial charge in [0, 0.05) is 12.1 Å². The van der Waals surface area contributed by atoms with Crippen molar-refractivity contribution < 1.29 is 0 Å². The van der Waals surface area contributed by atoms with E-state index in [1.54, 1.807) is 0 Å². The maximum absolute atomic E-state index is 6.00. The van der Waals surface area contributed by atoms with Crippen molar-refractivity contribution in [2.45, 2.75) is 76.3 Å². The minimum Gasteiger partial charge on any atom is -0.328 e. The van der Waals surface area contributed by atoms with Gasteiger partial charge in [-0.05, 0) is 69.9 Å². The molecule has 3 aliphatic rings. The van der Waals surface area contributed by atoms with Crippen molar-refractivity contribution in [2.24, 2.45) is 11.1 Å². The highest BCUT2D eigenvalue weighted by atomic mass is 15.2. The molecule has 0 aromatic carbocycles. The van der Waals surface area contributed by atoms with Crippen LogP contribution in [0.1, 0.15) is 64.2 Å². The Morgan fingerprint density at radius 3 is 2.00 bits per heavy atom. The van der Waals surface area contributed by atoms with E-state index in [1.807, 2.05) is 0 Å². The normalized spacial score (nSPS) is 38.6. The quantitative estimate of drug-likeness (QED) is 0.758. The second-order valence-corrected chi connectivity index (χ2v) is 6.81. The number of nitrogens with zero attached hydrogens (tertiary/aromatic N) is 1. The van der Waals surface area contributed by atoms with Gasteiger partial charge in [-0.2, -0.15) is 0 Å². The molecule has 0 aromatic rings. The van der Waals surface area contributed by atoms with E-state index in [0.717, 1.165) is 11.5 Å². The number of hydrogen-bond acceptors (Lipinski definition) is 2. The average molecular weight is 236 g/mol. The molecule has 2 saturated carbocycles. The molecule has 0 aromatic heterocycles. The van der Waals surface area contributed by atoms with Crippen LogP contribution in [0.15, 0.2) is 0 Å². The zero-order valence-corrected chi connectivity index (χ0v) is 11.2. The van der Waals surface area contributed by atoms with Gasteiger partial charge in [0.05, 0.1) is 0 Å². The Morgan fingerprint density at radius 1 is 0.824 bits per heavy atom. The Kier molecular flexibility index (Phi) is 3.45. The first-order valence-corrected chi connectivity index (χ1v) is 7.77. The van der Waals surface area contributed by atoms with Gasteiger partial charge in [0.2, 0.25) is 0 Å². The summed E-state index contributed by atoms with van der Waals surface area (Å²) < 4.78 is 0. The van der Waals surface area contributed by atoms with E-state index in [1.165, 1.54) is 77.3 Å². The van der Waals surface area contributed by atoms with Crippen molar-refractivity contribution in [1.82, 2.24) is 4.90 Å². The molecule has 2 N–H and O–H groups in total. The molecular formula is C15H28N2. The molecule has 1 heterocycles. The molecule has 1 aliphatic heterocycles. The molecule has 0 atom stereocenters. The second-order valence-electron chi connectivity index (χ2n) is 6.81. The highest BCUT2D eigenvalue weighted by Crippen LogP contribution is 2.46. The molecule has 0 radical (unpaired) electrons. The van der Waals surface area contributed by atoms with E-state index >= 15 is 0 Å². The van der Waals surface area contributed by atoms with Gasteiger partial charge in [-0.1, -0.05) is 12.8 Å². The first-order valence-electron chi connectivity index (χ1n) is 7.77. The zero-order chi connectivity index (χ0) is 11.7. The molecular weight excluding hydrogens is 208 g/mol. The van der Waals surface area contributed by atoms with Crippen LogP contribution < -0.4 is 5.73 Å². The van der Waals surface area contributed by atoms with E-state index in [9.17, 15) is 0 Å². The van der Waals surface area contributed by atoms with Crippen molar-refractivity contribution in [1.29, 1.82) is 0 Å². The standard InChI is InChI=1S/C15H28N2/c16-13-3-5-14(6-4-13)17-11-9-15(10-12-17)7-1-2-8-15/h13-14H,1-12,16H2. The van der Waals surface area contributed by atoms with Crippen molar-refractivity contribution in [3.63, 3.8) is 0 Å². The van der Waals surface area contributed by atoms with E-state index in [0.29, 0.717) is 6.04 Å². The van der Waals surface area contributed by atoms with Crippen LogP contribution in [0.25, 0.3) is 0 Å². The van der Waals surface area contributed by atoms with Crippen molar-refractivity contribution >= 4 is 0 Å². The third-order valence-corrected chi connectivity index (χ3v) is 5.78. The summed E-state index contributed by atoms with van der Waals surface area (Å²) in [6, 6.07) is 1.37. The maximum Gasteiger partial charge on any atom is 0.00964 e. The first-order chi connectivity index (χ1) is 8.27. The average Bonchev–Trinajstić information content (AvgIpc) is 2.80. The molecule has 0 bridgehead atoms. The fraction of sp³-hybridized carbons (Fsp3) is 1.00. The lowest BCUT2D eigenvalue weighted by atomic mass is 9.76. The number of nitrogens with two attached hydrogens (primary N) is 1. The summed E-state index contributed by atoms with van der Waals surface area (Å²) in [5.74, 6) is 0. The van der Waals surface area contributed by atoms with Crippen molar-refractivity contribution in [2.75, 3.05) is 13.1 Å². The third kappa shape index (κ3) is 2.53. The summed E-state index contributed by atoms with van der Waals surface area (Å²) in [6.45, 7) is 2.75. The molecule has 3 fully saturated rings. The highest BCUT2D eigenvalue weighted by Gasteiger charge is 2.38. The van der Waals surface area contributed by atoms with Crippen LogP contribution in [0, 0.1) is 5.41 Å². The number of likely N-dealkylation sites (tertiary alicyclic amines) is 1. The molecule has 2 aliphatic carbocycles. The fourth-order valence-corrected chi connectivity index (χ4v) is 4.46. The molecule has 1 saturated heterocycles. The van der Waals surface area contributed by atoms with Gasteiger partial charge in [-0.15, -0.1) is 0 Å². The topological polar surface area (TPSA) is 29.3 Å². The minimum atomic E-state index is 0.497. The summed E-state index contributed by atoms with van der Waals surface area (Å²) in [5, 5.41) is 0. The molecule has 0 unspecified atom stereocenters. The lowest BCUT2D eigenvalue weighted by Gasteiger charge is -2.44. The zero-order valence-electron chi connectivity index (χ0n) is 11.2. The smallest absolute Gasteiger partial charge is 0.00964 e. The molecule has 0 amide bonds. The monoisotopic (exact) mass is 236 g/mol. The van der Waals surface area contributed by atoms with Crippen LogP contribution in [0.3, 0.4) is 0 Å². The first kappa shape index (κ1) is 12.0. The number of rotatable bonds is 1. The van der Waals surface area contributed by atoms with E-state index in [-0.39, 0.29) is 0 Å². The van der Waals surface area contributed by atoms with Crippen LogP contribution in [0.2, 0.25) is 0 Å². The summed E-state index contributed by atoms with van der Waals surface area (Å²) in [6.07, 6.45) is 14.2. The fourth-order valence-electron chi connectivity index (χ4n) is 4.46. The predicted molar refractivity (Wildman–Crippen MR) is 71.9 cm³/mol. The molecule has 3 rings (SSSR count). The van der Waals surface area contributed by atoms with E-state index in [4.69, 9.17) is 5.73 Å². The van der Waals surface area contributed by atoms with E-state index in [2.05, 4.69) is 4.90 Å². The molecule has 2 nitrogen and oxygen atoms in total. The Hall–Kier alpha value is -0.0800. The molecule has 98 valence electrons. The van der Waals surface area contributed by atoms with Crippen LogP contribution in [0.5, 0.6) is 0 Å². The SMILES string of the molecule is NC1CCC(N2CCC3(CCCC3)CC2)CC1. The Balaban J connectivity index is 1.51. The summed E-state index contributed by atoms with van der Waals surface area (Å²) in [7, 11) is 0. The predicted octanol–water partition coefficient (Wildman–Crippen LogP) is 2.91. The van der Waals surface area contributed by atoms with Crippen LogP contribution in [-0.4, -0.2) is 30.1 Å². The Morgan fingerprint density at radius 2 is 1.41 bits per heavy atom. The van der Waals surface area contributed by atoms with Gasteiger partial charge in [-0.25, -0.2) is 0 Å². The number of hydrogen-bond donors (Lipinski definition) is 1. The summed E-state index contributed by atoms with van der Waals surface area (Å²) in [5.41, 5.74) is 6.78. The van der Waals surface area contributed by atoms with Crippen molar-refractivity contribution in [3.8, 4) is 0 Å². The summed E-state index contributed by atoms with van der Waals surface area (Å²) in [4.78, 5) is 2.79. The van der Waals surface area contributed by atoms with Gasteiger partial charge in [0.1, 0.15) is 0 Å². The Bertz CT molecular complexity index is 240. The van der Waals surface area contributed by atoms with Gasteiger partial charge in [-0.3, -0.25) is 0 Å². The van der Waals surface area contributed by atoms with Crippen LogP contribution in [-0.2, 0) is 0 Å². The van der Waals surface area contributed by atoms with Gasteiger partial charge >= 0.3 is 0 Å². The Labute approximate surface area is 106 Å². The highest BCUT2D eigenvalue weighted by molar-refractivity contribution is 4.92. The third-order valence-electron chi connectivity index (χ3n) is 5.78. The minimum absolute atomic E-state index is 0.497. The van der Waals surface area contributed by atoms with E-state index < -0.39 is 0 Å². The summed E-state index contributed by atoms with van der Waals surface area (Å²) >= 11 is 0. The van der Waals surface area contributed by atoms with Crippen molar-refractivity contribution in [3.05, 3.63) is 0 Å². The van der Waals surface area contributed by atoms with Gasteiger partial charge in [0.15, 0.2) is 0 Å². The maximum atomic E-state index is 6.00. The van der Waals surface area contributed by atoms with Gasteiger partial charge in [0.25, 0.3) is 0 Å². The lowest BCUT2D eigenvalue weighted by Crippen LogP contribution is -2.47. The van der Waals surface area contributed by atoms with Crippen LogP contribution in [0.4, 0.5) is 0 Å².